The average Bonchev–Trinajstić information content (AvgIpc) is 3.32. The van der Waals surface area contributed by atoms with E-state index >= 15 is 0 Å². The van der Waals surface area contributed by atoms with Crippen LogP contribution in [0.15, 0.2) is 29.6 Å². The van der Waals surface area contributed by atoms with Gasteiger partial charge in [0.2, 0.25) is 0 Å². The van der Waals surface area contributed by atoms with Gasteiger partial charge in [0.05, 0.1) is 6.61 Å². The number of aromatic nitrogens is 1. The summed E-state index contributed by atoms with van der Waals surface area (Å²) in [5.41, 5.74) is 2.57. The van der Waals surface area contributed by atoms with E-state index in [1.807, 2.05) is 12.1 Å². The van der Waals surface area contributed by atoms with E-state index in [-0.39, 0.29) is 12.5 Å². The third kappa shape index (κ3) is 4.89. The highest BCUT2D eigenvalue weighted by atomic mass is 32.1. The van der Waals surface area contributed by atoms with Crippen molar-refractivity contribution in [2.45, 2.75) is 32.6 Å². The maximum Gasteiger partial charge on any atom is 0.325 e. The number of hydrogen-bond donors (Lipinski definition) is 1. The Kier molecular flexibility index (Phi) is 5.48. The standard InChI is InChI=1S/C19H22N2O3S/c1-12(2)14-5-7-15(8-6-14)19-21-16(11-25-19)18(23)20-9-17(22)24-10-13-3-4-13/h5-8,11-13H,3-4,9-10H2,1-2H3,(H,20,23). The van der Waals surface area contributed by atoms with E-state index in [0.717, 1.165) is 23.4 Å². The molecular weight excluding hydrogens is 336 g/mol. The number of esters is 1. The molecule has 5 nitrogen and oxygen atoms in total. The monoisotopic (exact) mass is 358 g/mol. The number of rotatable bonds is 7. The van der Waals surface area contributed by atoms with Crippen molar-refractivity contribution < 1.29 is 14.3 Å². The summed E-state index contributed by atoms with van der Waals surface area (Å²) in [6.45, 7) is 4.64. The second-order valence-electron chi connectivity index (χ2n) is 6.62. The van der Waals surface area contributed by atoms with Crippen molar-refractivity contribution in [3.05, 3.63) is 40.9 Å². The van der Waals surface area contributed by atoms with Crippen LogP contribution < -0.4 is 5.32 Å². The molecule has 1 amide bonds. The number of carbonyl (C=O) groups excluding carboxylic acids is 2. The molecule has 0 bridgehead atoms. The fourth-order valence-corrected chi connectivity index (χ4v) is 3.12. The van der Waals surface area contributed by atoms with E-state index in [1.54, 1.807) is 5.38 Å². The molecule has 1 heterocycles. The van der Waals surface area contributed by atoms with Gasteiger partial charge in [-0.2, -0.15) is 0 Å². The van der Waals surface area contributed by atoms with E-state index in [2.05, 4.69) is 36.3 Å². The molecule has 0 aliphatic heterocycles. The van der Waals surface area contributed by atoms with Crippen LogP contribution in [0.5, 0.6) is 0 Å². The molecule has 3 rings (SSSR count). The highest BCUT2D eigenvalue weighted by Gasteiger charge is 2.23. The van der Waals surface area contributed by atoms with Crippen molar-refractivity contribution in [1.29, 1.82) is 0 Å². The predicted molar refractivity (Wildman–Crippen MR) is 97.7 cm³/mol. The lowest BCUT2D eigenvalue weighted by Gasteiger charge is -2.05. The highest BCUT2D eigenvalue weighted by molar-refractivity contribution is 7.13. The van der Waals surface area contributed by atoms with Crippen LogP contribution >= 0.6 is 11.3 Å². The zero-order chi connectivity index (χ0) is 17.8. The Morgan fingerprint density at radius 1 is 1.28 bits per heavy atom. The molecule has 2 aromatic rings. The smallest absolute Gasteiger partial charge is 0.325 e. The maximum atomic E-state index is 12.1. The fourth-order valence-electron chi connectivity index (χ4n) is 2.31. The van der Waals surface area contributed by atoms with Gasteiger partial charge in [-0.05, 0) is 30.2 Å². The Morgan fingerprint density at radius 3 is 2.64 bits per heavy atom. The van der Waals surface area contributed by atoms with Crippen LogP contribution in [0.2, 0.25) is 0 Å². The summed E-state index contributed by atoms with van der Waals surface area (Å²) in [6.07, 6.45) is 2.25. The Hall–Kier alpha value is -2.21. The SMILES string of the molecule is CC(C)c1ccc(-c2nc(C(=O)NCC(=O)OCC3CC3)cs2)cc1. The normalized spacial score (nSPS) is 13.7. The number of thiazole rings is 1. The number of nitrogens with zero attached hydrogens (tertiary/aromatic N) is 1. The van der Waals surface area contributed by atoms with Crippen LogP contribution in [0, 0.1) is 5.92 Å². The number of amides is 1. The summed E-state index contributed by atoms with van der Waals surface area (Å²) in [6, 6.07) is 8.20. The molecule has 1 aliphatic rings. The first-order valence-corrected chi connectivity index (χ1v) is 9.40. The van der Waals surface area contributed by atoms with Gasteiger partial charge in [-0.25, -0.2) is 4.98 Å². The zero-order valence-corrected chi connectivity index (χ0v) is 15.3. The van der Waals surface area contributed by atoms with Gasteiger partial charge in [-0.3, -0.25) is 9.59 Å². The van der Waals surface area contributed by atoms with E-state index in [4.69, 9.17) is 4.74 Å². The molecule has 0 radical (unpaired) electrons. The van der Waals surface area contributed by atoms with Gasteiger partial charge in [0, 0.05) is 10.9 Å². The van der Waals surface area contributed by atoms with E-state index in [9.17, 15) is 9.59 Å². The van der Waals surface area contributed by atoms with Gasteiger partial charge < -0.3 is 10.1 Å². The van der Waals surface area contributed by atoms with Crippen molar-refractivity contribution in [2.75, 3.05) is 13.2 Å². The van der Waals surface area contributed by atoms with Crippen LogP contribution in [-0.4, -0.2) is 30.0 Å². The van der Waals surface area contributed by atoms with Gasteiger partial charge in [-0.1, -0.05) is 38.1 Å². The quantitative estimate of drug-likeness (QED) is 0.768. The fraction of sp³-hybridized carbons (Fsp3) is 0.421. The van der Waals surface area contributed by atoms with Crippen LogP contribution in [0.3, 0.4) is 0 Å². The zero-order valence-electron chi connectivity index (χ0n) is 14.5. The Labute approximate surface area is 151 Å². The van der Waals surface area contributed by atoms with E-state index < -0.39 is 5.97 Å². The van der Waals surface area contributed by atoms with E-state index in [0.29, 0.717) is 24.1 Å². The molecule has 1 N–H and O–H groups in total. The molecule has 1 aromatic heterocycles. The van der Waals surface area contributed by atoms with Gasteiger partial charge >= 0.3 is 5.97 Å². The molecule has 132 valence electrons. The Bertz CT molecular complexity index is 748. The Morgan fingerprint density at radius 2 is 2.00 bits per heavy atom. The number of ether oxygens (including phenoxy) is 1. The first kappa shape index (κ1) is 17.6. The molecule has 1 aromatic carbocycles. The second-order valence-corrected chi connectivity index (χ2v) is 7.48. The lowest BCUT2D eigenvalue weighted by atomic mass is 10.0. The first-order valence-electron chi connectivity index (χ1n) is 8.52. The summed E-state index contributed by atoms with van der Waals surface area (Å²) in [7, 11) is 0. The van der Waals surface area contributed by atoms with Crippen LogP contribution in [0.25, 0.3) is 10.6 Å². The van der Waals surface area contributed by atoms with E-state index in [1.165, 1.54) is 16.9 Å². The lowest BCUT2D eigenvalue weighted by molar-refractivity contribution is -0.142. The van der Waals surface area contributed by atoms with Crippen molar-refractivity contribution in [1.82, 2.24) is 10.3 Å². The molecule has 1 fully saturated rings. The number of hydrogen-bond acceptors (Lipinski definition) is 5. The third-order valence-electron chi connectivity index (χ3n) is 4.13. The van der Waals surface area contributed by atoms with Crippen LogP contribution in [0.1, 0.15) is 48.7 Å². The molecule has 0 spiro atoms. The van der Waals surface area contributed by atoms with Crippen molar-refractivity contribution in [3.63, 3.8) is 0 Å². The maximum absolute atomic E-state index is 12.1. The Balaban J connectivity index is 1.54. The minimum absolute atomic E-state index is 0.124. The van der Waals surface area contributed by atoms with Gasteiger partial charge in [0.1, 0.15) is 17.2 Å². The lowest BCUT2D eigenvalue weighted by Crippen LogP contribution is -2.31. The number of nitrogens with one attached hydrogen (secondary N) is 1. The molecule has 0 saturated heterocycles. The average molecular weight is 358 g/mol. The number of benzene rings is 1. The summed E-state index contributed by atoms with van der Waals surface area (Å²) in [4.78, 5) is 28.1. The molecule has 0 unspecified atom stereocenters. The predicted octanol–water partition coefficient (Wildman–Crippen LogP) is 3.62. The van der Waals surface area contributed by atoms with Gasteiger partial charge in [0.15, 0.2) is 0 Å². The summed E-state index contributed by atoms with van der Waals surface area (Å²) >= 11 is 1.41. The molecule has 25 heavy (non-hydrogen) atoms. The summed E-state index contributed by atoms with van der Waals surface area (Å²) in [5, 5.41) is 5.06. The summed E-state index contributed by atoms with van der Waals surface area (Å²) < 4.78 is 5.09. The van der Waals surface area contributed by atoms with Crippen molar-refractivity contribution in [2.24, 2.45) is 5.92 Å². The van der Waals surface area contributed by atoms with Gasteiger partial charge in [-0.15, -0.1) is 11.3 Å². The topological polar surface area (TPSA) is 68.3 Å². The van der Waals surface area contributed by atoms with Crippen LogP contribution in [-0.2, 0) is 9.53 Å². The minimum atomic E-state index is -0.403. The highest BCUT2D eigenvalue weighted by Crippen LogP contribution is 2.28. The number of carbonyl (C=O) groups is 2. The largest absolute Gasteiger partial charge is 0.464 e. The first-order chi connectivity index (χ1) is 12.0. The molecule has 0 atom stereocenters. The van der Waals surface area contributed by atoms with Crippen molar-refractivity contribution >= 4 is 23.2 Å². The minimum Gasteiger partial charge on any atom is -0.464 e. The van der Waals surface area contributed by atoms with Gasteiger partial charge in [0.25, 0.3) is 5.91 Å². The molecule has 6 heteroatoms. The second kappa shape index (κ2) is 7.78. The van der Waals surface area contributed by atoms with Crippen molar-refractivity contribution in [3.8, 4) is 10.6 Å². The van der Waals surface area contributed by atoms with Crippen LogP contribution in [0.4, 0.5) is 0 Å². The molecule has 1 aliphatic carbocycles. The summed E-state index contributed by atoms with van der Waals surface area (Å²) in [5.74, 6) is 0.235. The molecule has 1 saturated carbocycles. The molecular formula is C19H22N2O3S. The third-order valence-corrected chi connectivity index (χ3v) is 5.02.